The van der Waals surface area contributed by atoms with Gasteiger partial charge in [-0.2, -0.15) is 0 Å². The van der Waals surface area contributed by atoms with Gasteiger partial charge in [0, 0.05) is 7.11 Å². The molecule has 7 heteroatoms. The maximum Gasteiger partial charge on any atom is 3.00 e. The second-order valence-corrected chi connectivity index (χ2v) is 2.33. The van der Waals surface area contributed by atoms with Crippen LogP contribution in [-0.2, 0) is 31.1 Å². The average Bonchev–Trinajstić information content (AvgIpc) is 1.98. The number of methoxy groups -OCH3 is 1. The van der Waals surface area contributed by atoms with Crippen LogP contribution in [0.15, 0.2) is 0 Å². The molecule has 0 aliphatic rings. The van der Waals surface area contributed by atoms with Crippen LogP contribution in [0.5, 0.6) is 0 Å². The van der Waals surface area contributed by atoms with Crippen LogP contribution in [0.4, 0.5) is 0 Å². The Morgan fingerprint density at radius 3 is 2.00 bits per heavy atom. The molecule has 0 saturated carbocycles. The SMILES string of the molecule is [CH2-]C(=O)O.[CH2-]N(CCOC)CC(=O)O.[CH3-].[Co+3]. The second kappa shape index (κ2) is 16.7. The number of ether oxygens (including phenoxy) is 1. The molecule has 0 radical (unpaired) electrons. The van der Waals surface area contributed by atoms with Gasteiger partial charge in [0.2, 0.25) is 0 Å². The van der Waals surface area contributed by atoms with Crippen molar-refractivity contribution in [1.29, 1.82) is 0 Å². The van der Waals surface area contributed by atoms with Crippen LogP contribution in [0.3, 0.4) is 0 Å². The van der Waals surface area contributed by atoms with Crippen molar-refractivity contribution in [2.75, 3.05) is 26.8 Å². The van der Waals surface area contributed by atoms with E-state index >= 15 is 0 Å². The number of carbonyl (C=O) groups is 2. The topological polar surface area (TPSA) is 87.1 Å². The Balaban J connectivity index is -0.000000105. The van der Waals surface area contributed by atoms with Gasteiger partial charge in [0.15, 0.2) is 5.97 Å². The molecular weight excluding hydrogens is 261 g/mol. The fourth-order valence-electron chi connectivity index (χ4n) is 0.491. The van der Waals surface area contributed by atoms with E-state index in [1.165, 1.54) is 4.90 Å². The van der Waals surface area contributed by atoms with Crippen molar-refractivity contribution in [3.8, 4) is 0 Å². The monoisotopic (exact) mass is 279 g/mol. The van der Waals surface area contributed by atoms with E-state index in [0.717, 1.165) is 0 Å². The van der Waals surface area contributed by atoms with Crippen molar-refractivity contribution >= 4 is 11.9 Å². The van der Waals surface area contributed by atoms with Gasteiger partial charge in [0.1, 0.15) is 0 Å². The molecule has 0 heterocycles. The summed E-state index contributed by atoms with van der Waals surface area (Å²) in [6.45, 7) is 3.57. The first-order valence-corrected chi connectivity index (χ1v) is 3.71. The van der Waals surface area contributed by atoms with E-state index in [1.54, 1.807) is 7.11 Å². The van der Waals surface area contributed by atoms with Crippen molar-refractivity contribution in [2.24, 2.45) is 0 Å². The molecule has 0 unspecified atom stereocenters. The molecule has 0 aromatic heterocycles. The summed E-state index contributed by atoms with van der Waals surface area (Å²) in [5.74, 6) is -1.95. The third-order valence-electron chi connectivity index (χ3n) is 0.971. The zero-order valence-electron chi connectivity index (χ0n) is 9.44. The Morgan fingerprint density at radius 1 is 1.38 bits per heavy atom. The van der Waals surface area contributed by atoms with Gasteiger partial charge >= 0.3 is 22.7 Å². The van der Waals surface area contributed by atoms with Crippen LogP contribution in [0.2, 0.25) is 0 Å². The maximum atomic E-state index is 10.1. The van der Waals surface area contributed by atoms with E-state index in [-0.39, 0.29) is 30.8 Å². The zero-order chi connectivity index (χ0) is 11.6. The maximum absolute atomic E-state index is 10.1. The summed E-state index contributed by atoms with van der Waals surface area (Å²) >= 11 is 0. The molecule has 0 fully saturated rings. The molecule has 0 saturated heterocycles. The molecule has 6 nitrogen and oxygen atoms in total. The standard InChI is InChI=1S/C6H12NO3.C2H3O2.CH3.Co/c1-7(3-4-10-2)5-6(8)9;1-2(3)4;;/h1,3-5H2,2H3,(H,8,9);1H2,(H,3,4);1H3;/q3*-1;+3. The van der Waals surface area contributed by atoms with E-state index in [4.69, 9.17) is 19.7 Å². The van der Waals surface area contributed by atoms with Crippen LogP contribution in [0.1, 0.15) is 0 Å². The molecule has 0 aliphatic carbocycles. The molecule has 0 rings (SSSR count). The zero-order valence-corrected chi connectivity index (χ0v) is 10.5. The fraction of sp³-hybridized carbons (Fsp3) is 0.444. The minimum Gasteiger partial charge on any atom is -0.503 e. The van der Waals surface area contributed by atoms with Gasteiger partial charge in [-0.3, -0.25) is 23.6 Å². The van der Waals surface area contributed by atoms with Crippen molar-refractivity contribution in [2.45, 2.75) is 0 Å². The van der Waals surface area contributed by atoms with Crippen molar-refractivity contribution in [3.05, 3.63) is 21.4 Å². The van der Waals surface area contributed by atoms with Crippen molar-refractivity contribution in [1.82, 2.24) is 4.90 Å². The Hall–Kier alpha value is -0.764. The number of hydrogen-bond donors (Lipinski definition) is 2. The molecule has 0 bridgehead atoms. The van der Waals surface area contributed by atoms with Gasteiger partial charge in [0.25, 0.3) is 0 Å². The van der Waals surface area contributed by atoms with E-state index in [0.29, 0.717) is 13.2 Å². The summed E-state index contributed by atoms with van der Waals surface area (Å²) in [6.07, 6.45) is 0. The van der Waals surface area contributed by atoms with E-state index in [9.17, 15) is 4.79 Å². The number of carboxylic acids is 2. The molecule has 16 heavy (non-hydrogen) atoms. The van der Waals surface area contributed by atoms with Gasteiger partial charge < -0.3 is 27.3 Å². The Bertz CT molecular complexity index is 173. The quantitative estimate of drug-likeness (QED) is 0.697. The van der Waals surface area contributed by atoms with Crippen LogP contribution in [0, 0.1) is 21.4 Å². The summed E-state index contributed by atoms with van der Waals surface area (Å²) < 4.78 is 4.72. The first kappa shape index (κ1) is 24.5. The van der Waals surface area contributed by atoms with Crippen LogP contribution < -0.4 is 0 Å². The predicted molar refractivity (Wildman–Crippen MR) is 55.8 cm³/mol. The minimum absolute atomic E-state index is 0. The molecule has 2 N–H and O–H groups in total. The summed E-state index contributed by atoms with van der Waals surface area (Å²) in [7, 11) is 5.05. The fourth-order valence-corrected chi connectivity index (χ4v) is 0.491. The van der Waals surface area contributed by atoms with Crippen molar-refractivity contribution < 1.29 is 41.3 Å². The molecule has 0 aliphatic heterocycles. The largest absolute Gasteiger partial charge is 3.00 e. The molecule has 98 valence electrons. The van der Waals surface area contributed by atoms with Gasteiger partial charge in [-0.25, -0.2) is 0 Å². The number of aliphatic carboxylic acids is 2. The molecule has 0 aromatic rings. The summed E-state index contributed by atoms with van der Waals surface area (Å²) in [6, 6.07) is 0. The molecule has 0 amide bonds. The molecule has 0 spiro atoms. The van der Waals surface area contributed by atoms with E-state index < -0.39 is 11.9 Å². The second-order valence-electron chi connectivity index (χ2n) is 2.33. The number of hydrogen-bond acceptors (Lipinski definition) is 4. The third-order valence-corrected chi connectivity index (χ3v) is 0.971. The Labute approximate surface area is 107 Å². The van der Waals surface area contributed by atoms with Crippen LogP contribution in [-0.4, -0.2) is 53.9 Å². The molecular formula is C9H18CoNO5. The molecule has 0 aromatic carbocycles. The normalized spacial score (nSPS) is 7.94. The number of rotatable bonds is 5. The first-order chi connectivity index (χ1) is 6.40. The van der Waals surface area contributed by atoms with Gasteiger partial charge in [-0.05, 0) is 6.54 Å². The van der Waals surface area contributed by atoms with Gasteiger partial charge in [0.05, 0.1) is 13.2 Å². The minimum atomic E-state index is -1.08. The van der Waals surface area contributed by atoms with Crippen LogP contribution >= 0.6 is 0 Å². The summed E-state index contributed by atoms with van der Waals surface area (Å²) in [5, 5.41) is 15.6. The van der Waals surface area contributed by atoms with Crippen LogP contribution in [0.25, 0.3) is 0 Å². The van der Waals surface area contributed by atoms with Gasteiger partial charge in [-0.15, -0.1) is 0 Å². The number of nitrogens with zero attached hydrogens (tertiary/aromatic N) is 1. The average molecular weight is 279 g/mol. The third kappa shape index (κ3) is 37.8. The summed E-state index contributed by atoms with van der Waals surface area (Å²) in [5.41, 5.74) is 0. The summed E-state index contributed by atoms with van der Waals surface area (Å²) in [4.78, 5) is 20.4. The Morgan fingerprint density at radius 2 is 1.75 bits per heavy atom. The van der Waals surface area contributed by atoms with Crippen molar-refractivity contribution in [3.63, 3.8) is 0 Å². The van der Waals surface area contributed by atoms with E-state index in [1.807, 2.05) is 0 Å². The Kier molecular flexibility index (Phi) is 25.5. The molecule has 0 atom stereocenters. The number of carboxylic acid groups (broad SMARTS) is 2. The predicted octanol–water partition coefficient (Wildman–Crippen LogP) is 0.164. The van der Waals surface area contributed by atoms with Gasteiger partial charge in [-0.1, -0.05) is 0 Å². The smallest absolute Gasteiger partial charge is 0.503 e. The first-order valence-electron chi connectivity index (χ1n) is 3.71. The van der Waals surface area contributed by atoms with E-state index in [2.05, 4.69) is 14.0 Å².